The zero-order valence-corrected chi connectivity index (χ0v) is 10.7. The highest BCUT2D eigenvalue weighted by Crippen LogP contribution is 2.16. The Morgan fingerprint density at radius 2 is 1.75 bits per heavy atom. The van der Waals surface area contributed by atoms with Crippen LogP contribution in [-0.4, -0.2) is 16.8 Å². The van der Waals surface area contributed by atoms with Crippen molar-refractivity contribution in [2.45, 2.75) is 6.92 Å². The third-order valence-electron chi connectivity index (χ3n) is 2.47. The van der Waals surface area contributed by atoms with Crippen LogP contribution in [0.4, 0.5) is 15.8 Å². The van der Waals surface area contributed by atoms with Gasteiger partial charge in [0.1, 0.15) is 5.82 Å². The van der Waals surface area contributed by atoms with E-state index in [1.807, 2.05) is 0 Å². The Balaban J connectivity index is 2.22. The van der Waals surface area contributed by atoms with Crippen LogP contribution in [0.3, 0.4) is 0 Å². The van der Waals surface area contributed by atoms with E-state index in [0.29, 0.717) is 11.4 Å². The van der Waals surface area contributed by atoms with Crippen LogP contribution in [0.5, 0.6) is 0 Å². The van der Waals surface area contributed by atoms with Crippen molar-refractivity contribution in [2.75, 3.05) is 10.6 Å². The molecule has 2 amide bonds. The number of rotatable bonds is 3. The number of carbonyl (C=O) groups is 2. The summed E-state index contributed by atoms with van der Waals surface area (Å²) in [5.41, 5.74) is 0.723. The first-order valence-corrected chi connectivity index (χ1v) is 5.85. The summed E-state index contributed by atoms with van der Waals surface area (Å²) < 4.78 is 13.7. The standard InChI is InChI=1S/C14H12FN3O2/c1-9(19)17-11-2-3-13(15)12(8-11)14(20)18-10-4-6-16-7-5-10/h2-8H,1H3,(H,17,19)(H,16,18,20). The van der Waals surface area contributed by atoms with Crippen LogP contribution in [-0.2, 0) is 4.79 Å². The maximum Gasteiger partial charge on any atom is 0.258 e. The Labute approximate surface area is 114 Å². The number of nitrogens with zero attached hydrogens (tertiary/aromatic N) is 1. The first-order valence-electron chi connectivity index (χ1n) is 5.85. The molecule has 0 spiro atoms. The highest BCUT2D eigenvalue weighted by atomic mass is 19.1. The lowest BCUT2D eigenvalue weighted by Gasteiger charge is -2.08. The zero-order valence-electron chi connectivity index (χ0n) is 10.7. The largest absolute Gasteiger partial charge is 0.326 e. The van der Waals surface area contributed by atoms with E-state index in [-0.39, 0.29) is 11.5 Å². The fraction of sp³-hybridized carbons (Fsp3) is 0.0714. The SMILES string of the molecule is CC(=O)Nc1ccc(F)c(C(=O)Nc2ccncc2)c1. The van der Waals surface area contributed by atoms with Crippen molar-refractivity contribution >= 4 is 23.2 Å². The minimum atomic E-state index is -0.661. The van der Waals surface area contributed by atoms with E-state index in [1.165, 1.54) is 31.5 Å². The highest BCUT2D eigenvalue weighted by molar-refractivity contribution is 6.05. The summed E-state index contributed by atoms with van der Waals surface area (Å²) in [4.78, 5) is 26.8. The molecule has 1 aromatic carbocycles. The third kappa shape index (κ3) is 3.38. The lowest BCUT2D eigenvalue weighted by Crippen LogP contribution is -2.15. The number of nitrogens with one attached hydrogen (secondary N) is 2. The molecule has 0 unspecified atom stereocenters. The highest BCUT2D eigenvalue weighted by Gasteiger charge is 2.13. The number of anilines is 2. The molecule has 0 radical (unpaired) electrons. The second kappa shape index (κ2) is 5.92. The lowest BCUT2D eigenvalue weighted by molar-refractivity contribution is -0.114. The molecular formula is C14H12FN3O2. The minimum Gasteiger partial charge on any atom is -0.326 e. The van der Waals surface area contributed by atoms with Crippen molar-refractivity contribution < 1.29 is 14.0 Å². The monoisotopic (exact) mass is 273 g/mol. The number of aromatic nitrogens is 1. The average Bonchev–Trinajstić information content (AvgIpc) is 2.41. The lowest BCUT2D eigenvalue weighted by atomic mass is 10.1. The van der Waals surface area contributed by atoms with Gasteiger partial charge in [0.25, 0.3) is 5.91 Å². The molecule has 0 aliphatic heterocycles. The normalized spacial score (nSPS) is 9.90. The molecule has 0 aliphatic rings. The summed E-state index contributed by atoms with van der Waals surface area (Å²) >= 11 is 0. The molecule has 2 aromatic rings. The van der Waals surface area contributed by atoms with E-state index < -0.39 is 11.7 Å². The Bertz CT molecular complexity index is 644. The number of pyridine rings is 1. The zero-order chi connectivity index (χ0) is 14.5. The van der Waals surface area contributed by atoms with Gasteiger partial charge in [-0.05, 0) is 30.3 Å². The summed E-state index contributed by atoms with van der Waals surface area (Å²) in [6.07, 6.45) is 3.03. The minimum absolute atomic E-state index is 0.145. The molecule has 6 heteroatoms. The van der Waals surface area contributed by atoms with E-state index in [9.17, 15) is 14.0 Å². The van der Waals surface area contributed by atoms with Gasteiger partial charge in [0.2, 0.25) is 5.91 Å². The molecule has 1 aromatic heterocycles. The van der Waals surface area contributed by atoms with Crippen LogP contribution in [0.2, 0.25) is 0 Å². The van der Waals surface area contributed by atoms with Crippen molar-refractivity contribution in [3.05, 3.63) is 54.1 Å². The van der Waals surface area contributed by atoms with Crippen molar-refractivity contribution in [3.63, 3.8) is 0 Å². The molecule has 20 heavy (non-hydrogen) atoms. The van der Waals surface area contributed by atoms with Crippen molar-refractivity contribution in [1.29, 1.82) is 0 Å². The topological polar surface area (TPSA) is 71.1 Å². The van der Waals surface area contributed by atoms with Crippen LogP contribution < -0.4 is 10.6 Å². The van der Waals surface area contributed by atoms with Crippen molar-refractivity contribution in [3.8, 4) is 0 Å². The van der Waals surface area contributed by atoms with E-state index >= 15 is 0 Å². The Kier molecular flexibility index (Phi) is 4.05. The second-order valence-corrected chi connectivity index (χ2v) is 4.07. The van der Waals surface area contributed by atoms with Crippen molar-refractivity contribution in [1.82, 2.24) is 4.98 Å². The van der Waals surface area contributed by atoms with Crippen LogP contribution in [0.25, 0.3) is 0 Å². The number of amides is 2. The smallest absolute Gasteiger partial charge is 0.258 e. The van der Waals surface area contributed by atoms with E-state index in [4.69, 9.17) is 0 Å². The second-order valence-electron chi connectivity index (χ2n) is 4.07. The maximum absolute atomic E-state index is 13.7. The molecule has 102 valence electrons. The van der Waals surface area contributed by atoms with Gasteiger partial charge >= 0.3 is 0 Å². The Morgan fingerprint density at radius 1 is 1.05 bits per heavy atom. The van der Waals surface area contributed by atoms with Gasteiger partial charge < -0.3 is 10.6 Å². The Hall–Kier alpha value is -2.76. The first-order chi connectivity index (χ1) is 9.56. The summed E-state index contributed by atoms with van der Waals surface area (Å²) in [6.45, 7) is 1.33. The third-order valence-corrected chi connectivity index (χ3v) is 2.47. The maximum atomic E-state index is 13.7. The van der Waals surface area contributed by atoms with E-state index in [1.54, 1.807) is 12.1 Å². The molecule has 0 fully saturated rings. The molecular weight excluding hydrogens is 261 g/mol. The summed E-state index contributed by atoms with van der Waals surface area (Å²) in [7, 11) is 0. The number of halogens is 1. The first kappa shape index (κ1) is 13.7. The molecule has 2 N–H and O–H groups in total. The van der Waals surface area contributed by atoms with Gasteiger partial charge in [0.15, 0.2) is 0 Å². The molecule has 5 nitrogen and oxygen atoms in total. The number of carbonyl (C=O) groups excluding carboxylic acids is 2. The fourth-order valence-electron chi connectivity index (χ4n) is 1.61. The van der Waals surface area contributed by atoms with Crippen molar-refractivity contribution in [2.24, 2.45) is 0 Å². The Morgan fingerprint density at radius 3 is 2.40 bits per heavy atom. The summed E-state index contributed by atoms with van der Waals surface area (Å²) in [5.74, 6) is -1.55. The van der Waals surface area contributed by atoms with Crippen LogP contribution in [0, 0.1) is 5.82 Å². The van der Waals surface area contributed by atoms with Gasteiger partial charge in [0.05, 0.1) is 5.56 Å². The van der Waals surface area contributed by atoms with Gasteiger partial charge in [-0.25, -0.2) is 4.39 Å². The van der Waals surface area contributed by atoms with E-state index in [0.717, 1.165) is 6.07 Å². The van der Waals surface area contributed by atoms with Gasteiger partial charge in [0, 0.05) is 30.7 Å². The van der Waals surface area contributed by atoms with Crippen LogP contribution in [0.15, 0.2) is 42.7 Å². The molecule has 2 rings (SSSR count). The summed E-state index contributed by atoms with van der Waals surface area (Å²) in [5, 5.41) is 5.04. The predicted octanol–water partition coefficient (Wildman–Crippen LogP) is 2.43. The van der Waals surface area contributed by atoms with Gasteiger partial charge in [-0.15, -0.1) is 0 Å². The molecule has 0 bridgehead atoms. The van der Waals surface area contributed by atoms with Gasteiger partial charge in [-0.3, -0.25) is 14.6 Å². The summed E-state index contributed by atoms with van der Waals surface area (Å²) in [6, 6.07) is 6.99. The predicted molar refractivity (Wildman–Crippen MR) is 72.9 cm³/mol. The molecule has 0 aliphatic carbocycles. The van der Waals surface area contributed by atoms with E-state index in [2.05, 4.69) is 15.6 Å². The molecule has 1 heterocycles. The van der Waals surface area contributed by atoms with Crippen LogP contribution in [0.1, 0.15) is 17.3 Å². The van der Waals surface area contributed by atoms with Gasteiger partial charge in [-0.2, -0.15) is 0 Å². The molecule has 0 atom stereocenters. The number of hydrogen-bond donors (Lipinski definition) is 2. The quantitative estimate of drug-likeness (QED) is 0.902. The fourth-order valence-corrected chi connectivity index (χ4v) is 1.61. The van der Waals surface area contributed by atoms with Crippen LogP contribution >= 0.6 is 0 Å². The average molecular weight is 273 g/mol. The number of benzene rings is 1. The van der Waals surface area contributed by atoms with Gasteiger partial charge in [-0.1, -0.05) is 0 Å². The number of hydrogen-bond acceptors (Lipinski definition) is 3. The molecule has 0 saturated heterocycles. The molecule has 0 saturated carbocycles.